The van der Waals surface area contributed by atoms with Crippen LogP contribution < -0.4 is 15.2 Å². The van der Waals surface area contributed by atoms with Crippen molar-refractivity contribution in [3.8, 4) is 22.8 Å². The molecule has 47 heavy (non-hydrogen) atoms. The zero-order valence-corrected chi connectivity index (χ0v) is 26.8. The lowest BCUT2D eigenvalue weighted by Crippen LogP contribution is -2.27. The van der Waals surface area contributed by atoms with Gasteiger partial charge in [0.05, 0.1) is 35.6 Å². The third kappa shape index (κ3) is 10.0. The highest BCUT2D eigenvalue weighted by atomic mass is 19.1. The fourth-order valence-electron chi connectivity index (χ4n) is 5.17. The van der Waals surface area contributed by atoms with Gasteiger partial charge in [-0.2, -0.15) is 0 Å². The average Bonchev–Trinajstić information content (AvgIpc) is 3.08. The van der Waals surface area contributed by atoms with Crippen molar-refractivity contribution in [2.45, 2.75) is 84.1 Å². The molecule has 0 bridgehead atoms. The molecule has 0 amide bonds. The van der Waals surface area contributed by atoms with Crippen LogP contribution in [0.4, 0.5) is 15.8 Å². The molecule has 1 aliphatic rings. The summed E-state index contributed by atoms with van der Waals surface area (Å²) in [5.41, 5.74) is 6.71. The molecule has 0 spiro atoms. The van der Waals surface area contributed by atoms with Gasteiger partial charge in [0.1, 0.15) is 11.3 Å². The van der Waals surface area contributed by atoms with Gasteiger partial charge in [-0.1, -0.05) is 64.9 Å². The number of esters is 2. The monoisotopic (exact) mass is 651 g/mol. The number of unbranched alkanes of at least 4 members (excludes halogenated alkanes) is 5. The van der Waals surface area contributed by atoms with Crippen LogP contribution in [0.5, 0.6) is 11.5 Å². The molecule has 2 N–H and O–H groups in total. The van der Waals surface area contributed by atoms with Crippen molar-refractivity contribution in [1.29, 1.82) is 0 Å². The Labute approximate surface area is 273 Å². The van der Waals surface area contributed by atoms with Crippen LogP contribution in [0.1, 0.15) is 93.8 Å². The van der Waals surface area contributed by atoms with Crippen LogP contribution in [-0.2, 0) is 14.3 Å². The van der Waals surface area contributed by atoms with Crippen molar-refractivity contribution in [2.24, 2.45) is 5.92 Å². The number of aromatic nitrogens is 1. The first-order valence-electron chi connectivity index (χ1n) is 16.2. The fourth-order valence-corrected chi connectivity index (χ4v) is 5.17. The maximum atomic E-state index is 14.1. The fraction of sp³-hybridized carbons (Fsp3) is 0.457. The smallest absolute Gasteiger partial charge is 0.350 e. The zero-order chi connectivity index (χ0) is 33.8. The molecule has 2 heterocycles. The molecular formula is C35H42FN3O8. The number of nitrogens with two attached hydrogens (primary N) is 1. The van der Waals surface area contributed by atoms with Crippen molar-refractivity contribution in [3.05, 3.63) is 76.0 Å². The summed E-state index contributed by atoms with van der Waals surface area (Å²) < 4.78 is 36.3. The van der Waals surface area contributed by atoms with Crippen LogP contribution in [0, 0.1) is 16.0 Å². The predicted octanol–water partition coefficient (Wildman–Crippen LogP) is 7.91. The molecule has 4 rings (SSSR count). The number of nitro benzene ring substituents is 1. The molecule has 0 aliphatic carbocycles. The number of anilines is 1. The molecule has 1 aliphatic heterocycles. The number of pyridine rings is 1. The van der Waals surface area contributed by atoms with E-state index in [2.05, 4.69) is 11.9 Å². The Bertz CT molecular complexity index is 1490. The molecule has 1 atom stereocenters. The Kier molecular flexibility index (Phi) is 13.2. The van der Waals surface area contributed by atoms with Crippen LogP contribution in [0.2, 0.25) is 0 Å². The molecule has 1 aromatic heterocycles. The Hall–Kier alpha value is -4.42. The normalized spacial score (nSPS) is 16.7. The van der Waals surface area contributed by atoms with E-state index in [0.29, 0.717) is 37.7 Å². The Morgan fingerprint density at radius 1 is 1.00 bits per heavy atom. The molecule has 1 saturated heterocycles. The molecule has 1 fully saturated rings. The van der Waals surface area contributed by atoms with Gasteiger partial charge in [-0.3, -0.25) is 15.1 Å². The van der Waals surface area contributed by atoms with E-state index in [1.54, 1.807) is 18.3 Å². The average molecular weight is 652 g/mol. The number of halogens is 1. The first-order chi connectivity index (χ1) is 22.7. The molecular weight excluding hydrogens is 609 g/mol. The van der Waals surface area contributed by atoms with E-state index in [9.17, 15) is 24.1 Å². The number of hydrogen-bond acceptors (Lipinski definition) is 10. The van der Waals surface area contributed by atoms with Crippen molar-refractivity contribution < 1.29 is 37.9 Å². The molecule has 252 valence electrons. The lowest BCUT2D eigenvalue weighted by molar-refractivity contribution is -0.385. The van der Waals surface area contributed by atoms with E-state index in [1.165, 1.54) is 44.2 Å². The second kappa shape index (κ2) is 17.5. The second-order valence-electron chi connectivity index (χ2n) is 11.7. The van der Waals surface area contributed by atoms with Crippen LogP contribution in [0.3, 0.4) is 0 Å². The summed E-state index contributed by atoms with van der Waals surface area (Å²) in [6.45, 7) is 5.37. The van der Waals surface area contributed by atoms with Gasteiger partial charge in [0, 0.05) is 23.2 Å². The standard InChI is InChI=1S/C35H42FN3O8/c1-3-5-7-8-9-10-23-21-44-35(45-22-23)25-14-17-30(38-20-25)24-12-15-26(16-13-24)46-33(40)27-18-29(37)32(19-31(27)39(42)43)47-34(41)28(36)11-6-4-2/h12-20,23,28,35H,3-11,21-22,37H2,1-2H3/t23-,28-,35-/m1/s1. The van der Waals surface area contributed by atoms with E-state index >= 15 is 0 Å². The molecule has 11 nitrogen and oxygen atoms in total. The summed E-state index contributed by atoms with van der Waals surface area (Å²) in [4.78, 5) is 40.4. The lowest BCUT2D eigenvalue weighted by atomic mass is 10.0. The summed E-state index contributed by atoms with van der Waals surface area (Å²) in [6, 6.07) is 12.0. The summed E-state index contributed by atoms with van der Waals surface area (Å²) >= 11 is 0. The number of carbonyl (C=O) groups excluding carboxylic acids is 2. The van der Waals surface area contributed by atoms with Crippen LogP contribution in [0.25, 0.3) is 11.3 Å². The third-order valence-corrected chi connectivity index (χ3v) is 7.92. The van der Waals surface area contributed by atoms with Crippen molar-refractivity contribution >= 4 is 23.3 Å². The van der Waals surface area contributed by atoms with Gasteiger partial charge in [0.25, 0.3) is 5.69 Å². The molecule has 0 saturated carbocycles. The number of nitrogen functional groups attached to an aromatic ring is 1. The number of benzene rings is 2. The number of nitrogens with zero attached hydrogens (tertiary/aromatic N) is 2. The summed E-state index contributed by atoms with van der Waals surface area (Å²) in [7, 11) is 0. The number of hydrogen-bond donors (Lipinski definition) is 1. The number of ether oxygens (including phenoxy) is 4. The Balaban J connectivity index is 1.34. The quantitative estimate of drug-likeness (QED) is 0.0403. The largest absolute Gasteiger partial charge is 0.423 e. The first-order valence-corrected chi connectivity index (χ1v) is 16.2. The van der Waals surface area contributed by atoms with Gasteiger partial charge in [-0.25, -0.2) is 14.0 Å². The highest BCUT2D eigenvalue weighted by molar-refractivity contribution is 5.97. The van der Waals surface area contributed by atoms with E-state index in [4.69, 9.17) is 24.7 Å². The minimum absolute atomic E-state index is 0.0496. The Morgan fingerprint density at radius 3 is 2.34 bits per heavy atom. The van der Waals surface area contributed by atoms with Gasteiger partial charge < -0.3 is 24.7 Å². The summed E-state index contributed by atoms with van der Waals surface area (Å²) in [5, 5.41) is 11.7. The minimum atomic E-state index is -1.91. The van der Waals surface area contributed by atoms with Crippen LogP contribution in [-0.4, -0.2) is 41.2 Å². The van der Waals surface area contributed by atoms with Crippen LogP contribution in [0.15, 0.2) is 54.7 Å². The van der Waals surface area contributed by atoms with Crippen LogP contribution >= 0.6 is 0 Å². The van der Waals surface area contributed by atoms with Gasteiger partial charge in [0.15, 0.2) is 18.2 Å². The third-order valence-electron chi connectivity index (χ3n) is 7.92. The van der Waals surface area contributed by atoms with E-state index < -0.39 is 46.3 Å². The summed E-state index contributed by atoms with van der Waals surface area (Å²) in [6.07, 6.45) is 7.78. The lowest BCUT2D eigenvalue weighted by Gasteiger charge is -2.29. The van der Waals surface area contributed by atoms with Gasteiger partial charge in [-0.15, -0.1) is 0 Å². The van der Waals surface area contributed by atoms with E-state index in [0.717, 1.165) is 29.7 Å². The van der Waals surface area contributed by atoms with E-state index in [1.807, 2.05) is 19.1 Å². The number of nitro groups is 1. The predicted molar refractivity (Wildman–Crippen MR) is 174 cm³/mol. The van der Waals surface area contributed by atoms with Gasteiger partial charge >= 0.3 is 11.9 Å². The van der Waals surface area contributed by atoms with Gasteiger partial charge in [0.2, 0.25) is 0 Å². The highest BCUT2D eigenvalue weighted by Gasteiger charge is 2.28. The zero-order valence-electron chi connectivity index (χ0n) is 26.8. The molecule has 12 heteroatoms. The number of rotatable bonds is 16. The van der Waals surface area contributed by atoms with Gasteiger partial charge in [-0.05, 0) is 49.2 Å². The highest BCUT2D eigenvalue weighted by Crippen LogP contribution is 2.33. The second-order valence-corrected chi connectivity index (χ2v) is 11.7. The van der Waals surface area contributed by atoms with Crippen molar-refractivity contribution in [3.63, 3.8) is 0 Å². The summed E-state index contributed by atoms with van der Waals surface area (Å²) in [5.74, 6) is -2.15. The minimum Gasteiger partial charge on any atom is -0.423 e. The molecule has 3 aromatic rings. The molecule has 2 aromatic carbocycles. The number of alkyl halides is 1. The van der Waals surface area contributed by atoms with Crippen molar-refractivity contribution in [1.82, 2.24) is 4.98 Å². The molecule has 0 unspecified atom stereocenters. The maximum Gasteiger partial charge on any atom is 0.350 e. The molecule has 0 radical (unpaired) electrons. The maximum absolute atomic E-state index is 14.1. The van der Waals surface area contributed by atoms with Crippen molar-refractivity contribution in [2.75, 3.05) is 18.9 Å². The Morgan fingerprint density at radius 2 is 1.70 bits per heavy atom. The van der Waals surface area contributed by atoms with E-state index in [-0.39, 0.29) is 17.9 Å². The number of carbonyl (C=O) groups is 2. The topological polar surface area (TPSA) is 153 Å². The first kappa shape index (κ1) is 35.4. The SMILES string of the molecule is CCCCCCC[C@H]1CO[C@H](c2ccc(-c3ccc(OC(=O)c4cc(N)c(OC(=O)[C@H](F)CCCC)cc4[N+](=O)[O-])cc3)nc2)OC1.